The molecule has 0 saturated heterocycles. The lowest BCUT2D eigenvalue weighted by molar-refractivity contribution is 0.480. The summed E-state index contributed by atoms with van der Waals surface area (Å²) in [5, 5.41) is 0. The van der Waals surface area contributed by atoms with Gasteiger partial charge in [0.1, 0.15) is 0 Å². The van der Waals surface area contributed by atoms with Crippen molar-refractivity contribution in [2.45, 2.75) is 25.7 Å². The van der Waals surface area contributed by atoms with Crippen molar-refractivity contribution < 1.29 is 0 Å². The summed E-state index contributed by atoms with van der Waals surface area (Å²) < 4.78 is 0. The van der Waals surface area contributed by atoms with Crippen LogP contribution in [-0.4, -0.2) is 6.54 Å². The number of halogens is 1. The van der Waals surface area contributed by atoms with Gasteiger partial charge >= 0.3 is 0 Å². The van der Waals surface area contributed by atoms with Gasteiger partial charge in [0.05, 0.1) is 0 Å². The molecular weight excluding hydrogens is 146 g/mol. The van der Waals surface area contributed by atoms with Gasteiger partial charge in [-0.15, -0.1) is 12.4 Å². The molecular formula is C8H16ClN. The number of fused-ring (bicyclic) bond motifs is 1. The molecule has 0 aromatic carbocycles. The van der Waals surface area contributed by atoms with Crippen LogP contribution in [0.1, 0.15) is 25.7 Å². The minimum absolute atomic E-state index is 0. The molecule has 60 valence electrons. The molecule has 2 heteroatoms. The van der Waals surface area contributed by atoms with E-state index < -0.39 is 0 Å². The van der Waals surface area contributed by atoms with Gasteiger partial charge in [0.2, 0.25) is 0 Å². The molecule has 0 radical (unpaired) electrons. The maximum Gasteiger partial charge on any atom is -0.00434 e. The van der Waals surface area contributed by atoms with E-state index in [0.29, 0.717) is 0 Å². The fourth-order valence-electron chi connectivity index (χ4n) is 2.49. The van der Waals surface area contributed by atoms with E-state index in [4.69, 9.17) is 5.73 Å². The Morgan fingerprint density at radius 2 is 1.60 bits per heavy atom. The van der Waals surface area contributed by atoms with Crippen LogP contribution in [0.3, 0.4) is 0 Å². The highest BCUT2D eigenvalue weighted by molar-refractivity contribution is 5.85. The molecule has 0 bridgehead atoms. The number of hydrogen-bond donors (Lipinski definition) is 1. The van der Waals surface area contributed by atoms with E-state index in [1.807, 2.05) is 0 Å². The van der Waals surface area contributed by atoms with Crippen LogP contribution in [0.4, 0.5) is 0 Å². The molecule has 2 unspecified atom stereocenters. The Kier molecular flexibility index (Phi) is 2.59. The van der Waals surface area contributed by atoms with Crippen molar-refractivity contribution in [2.75, 3.05) is 6.54 Å². The smallest absolute Gasteiger partial charge is 0.00434 e. The zero-order valence-electron chi connectivity index (χ0n) is 6.25. The largest absolute Gasteiger partial charge is 0.330 e. The average Bonchev–Trinajstić information content (AvgIpc) is 2.60. The van der Waals surface area contributed by atoms with Gasteiger partial charge in [-0.3, -0.25) is 0 Å². The Balaban J connectivity index is 0.000000500. The first-order valence-electron chi connectivity index (χ1n) is 4.13. The molecule has 0 heterocycles. The zero-order valence-corrected chi connectivity index (χ0v) is 7.07. The normalized spacial score (nSPS) is 43.5. The second-order valence-corrected chi connectivity index (χ2v) is 3.51. The van der Waals surface area contributed by atoms with Crippen molar-refractivity contribution in [3.8, 4) is 0 Å². The van der Waals surface area contributed by atoms with E-state index in [-0.39, 0.29) is 12.4 Å². The van der Waals surface area contributed by atoms with Crippen LogP contribution in [0.15, 0.2) is 0 Å². The second kappa shape index (κ2) is 3.10. The fourth-order valence-corrected chi connectivity index (χ4v) is 2.49. The molecule has 0 aliphatic heterocycles. The molecule has 2 fully saturated rings. The molecule has 2 aliphatic rings. The van der Waals surface area contributed by atoms with E-state index in [1.165, 1.54) is 25.7 Å². The Labute approximate surface area is 68.8 Å². The van der Waals surface area contributed by atoms with E-state index in [9.17, 15) is 0 Å². The highest BCUT2D eigenvalue weighted by atomic mass is 35.5. The third-order valence-electron chi connectivity index (χ3n) is 3.11. The molecule has 2 atom stereocenters. The molecule has 2 N–H and O–H groups in total. The lowest BCUT2D eigenvalue weighted by Gasteiger charge is -2.04. The predicted octanol–water partition coefficient (Wildman–Crippen LogP) is 1.80. The number of nitrogens with two attached hydrogens (primary N) is 1. The predicted molar refractivity (Wildman–Crippen MR) is 45.2 cm³/mol. The first-order chi connectivity index (χ1) is 4.43. The monoisotopic (exact) mass is 161 g/mol. The van der Waals surface area contributed by atoms with Gasteiger partial charge < -0.3 is 5.73 Å². The molecule has 0 aromatic rings. The number of hydrogen-bond acceptors (Lipinski definition) is 1. The van der Waals surface area contributed by atoms with Crippen molar-refractivity contribution in [3.63, 3.8) is 0 Å². The van der Waals surface area contributed by atoms with Gasteiger partial charge in [-0.05, 0) is 37.1 Å². The summed E-state index contributed by atoms with van der Waals surface area (Å²) in [6.45, 7) is 0.954. The summed E-state index contributed by atoms with van der Waals surface area (Å²) in [5.41, 5.74) is 5.59. The Morgan fingerprint density at radius 1 is 1.10 bits per heavy atom. The van der Waals surface area contributed by atoms with Crippen molar-refractivity contribution in [2.24, 2.45) is 23.5 Å². The minimum atomic E-state index is 0. The Hall–Kier alpha value is 0.250. The molecule has 2 saturated carbocycles. The maximum absolute atomic E-state index is 5.59. The lowest BCUT2D eigenvalue weighted by atomic mass is 10.0. The molecule has 0 aromatic heterocycles. The van der Waals surface area contributed by atoms with Crippen LogP contribution in [-0.2, 0) is 0 Å². The van der Waals surface area contributed by atoms with Crippen molar-refractivity contribution in [1.29, 1.82) is 0 Å². The van der Waals surface area contributed by atoms with Crippen LogP contribution in [0.5, 0.6) is 0 Å². The third kappa shape index (κ3) is 1.17. The summed E-state index contributed by atoms with van der Waals surface area (Å²) in [5.74, 6) is 3.06. The molecule has 0 amide bonds. The maximum atomic E-state index is 5.59. The van der Waals surface area contributed by atoms with Gasteiger partial charge in [-0.25, -0.2) is 0 Å². The van der Waals surface area contributed by atoms with Gasteiger partial charge in [-0.1, -0.05) is 12.8 Å². The Morgan fingerprint density at radius 3 is 2.00 bits per heavy atom. The first kappa shape index (κ1) is 8.35. The van der Waals surface area contributed by atoms with Crippen LogP contribution in [0.2, 0.25) is 0 Å². The molecule has 10 heavy (non-hydrogen) atoms. The Bertz CT molecular complexity index is 97.1. The van der Waals surface area contributed by atoms with Gasteiger partial charge in [0, 0.05) is 0 Å². The zero-order chi connectivity index (χ0) is 6.27. The first-order valence-corrected chi connectivity index (χ1v) is 4.13. The summed E-state index contributed by atoms with van der Waals surface area (Å²) in [7, 11) is 0. The second-order valence-electron chi connectivity index (χ2n) is 3.51. The summed E-state index contributed by atoms with van der Waals surface area (Å²) >= 11 is 0. The summed E-state index contributed by atoms with van der Waals surface area (Å²) in [4.78, 5) is 0. The van der Waals surface area contributed by atoms with Gasteiger partial charge in [0.25, 0.3) is 0 Å². The van der Waals surface area contributed by atoms with Crippen molar-refractivity contribution >= 4 is 12.4 Å². The summed E-state index contributed by atoms with van der Waals surface area (Å²) in [6.07, 6.45) is 5.90. The SMILES string of the molecule is Cl.NCC1C2CCCCC12. The van der Waals surface area contributed by atoms with Crippen LogP contribution >= 0.6 is 12.4 Å². The van der Waals surface area contributed by atoms with Crippen molar-refractivity contribution in [3.05, 3.63) is 0 Å². The van der Waals surface area contributed by atoms with Gasteiger partial charge in [0.15, 0.2) is 0 Å². The highest BCUT2D eigenvalue weighted by Crippen LogP contribution is 2.54. The average molecular weight is 162 g/mol. The highest BCUT2D eigenvalue weighted by Gasteiger charge is 2.48. The topological polar surface area (TPSA) is 26.0 Å². The number of rotatable bonds is 1. The van der Waals surface area contributed by atoms with E-state index in [0.717, 1.165) is 24.3 Å². The molecule has 1 nitrogen and oxygen atoms in total. The van der Waals surface area contributed by atoms with Crippen LogP contribution in [0.25, 0.3) is 0 Å². The van der Waals surface area contributed by atoms with E-state index in [2.05, 4.69) is 0 Å². The van der Waals surface area contributed by atoms with E-state index in [1.54, 1.807) is 0 Å². The fraction of sp³-hybridized carbons (Fsp3) is 1.00. The van der Waals surface area contributed by atoms with Crippen LogP contribution < -0.4 is 5.73 Å². The van der Waals surface area contributed by atoms with Crippen LogP contribution in [0, 0.1) is 17.8 Å². The summed E-state index contributed by atoms with van der Waals surface area (Å²) in [6, 6.07) is 0. The minimum Gasteiger partial charge on any atom is -0.330 e. The third-order valence-corrected chi connectivity index (χ3v) is 3.11. The van der Waals surface area contributed by atoms with Crippen molar-refractivity contribution in [1.82, 2.24) is 0 Å². The molecule has 0 spiro atoms. The van der Waals surface area contributed by atoms with Gasteiger partial charge in [-0.2, -0.15) is 0 Å². The molecule has 2 aliphatic carbocycles. The molecule has 2 rings (SSSR count). The standard InChI is InChI=1S/C8H15N.ClH/c9-5-8-6-3-1-2-4-7(6)8;/h6-8H,1-5,9H2;1H. The quantitative estimate of drug-likeness (QED) is 0.624. The van der Waals surface area contributed by atoms with E-state index >= 15 is 0 Å². The lowest BCUT2D eigenvalue weighted by Crippen LogP contribution is -2.02.